The molecular formula is C16H24N2O. The lowest BCUT2D eigenvalue weighted by atomic mass is 9.93. The van der Waals surface area contributed by atoms with E-state index in [-0.39, 0.29) is 5.91 Å². The van der Waals surface area contributed by atoms with Gasteiger partial charge in [0.15, 0.2) is 0 Å². The van der Waals surface area contributed by atoms with Gasteiger partial charge >= 0.3 is 0 Å². The van der Waals surface area contributed by atoms with Crippen molar-refractivity contribution >= 4 is 11.6 Å². The largest absolute Gasteiger partial charge is 0.326 e. The van der Waals surface area contributed by atoms with E-state index in [4.69, 9.17) is 0 Å². The number of rotatable bonds is 5. The van der Waals surface area contributed by atoms with Gasteiger partial charge in [-0.1, -0.05) is 26.0 Å². The van der Waals surface area contributed by atoms with Crippen LogP contribution in [0.15, 0.2) is 18.2 Å². The number of aryl methyl sites for hydroxylation is 1. The highest BCUT2D eigenvalue weighted by molar-refractivity contribution is 5.93. The lowest BCUT2D eigenvalue weighted by Crippen LogP contribution is -2.21. The number of hydrogen-bond acceptors (Lipinski definition) is 2. The van der Waals surface area contributed by atoms with Crippen molar-refractivity contribution in [2.45, 2.75) is 45.6 Å². The van der Waals surface area contributed by atoms with Crippen LogP contribution in [0.4, 0.5) is 5.69 Å². The molecule has 0 spiro atoms. The summed E-state index contributed by atoms with van der Waals surface area (Å²) in [5.41, 5.74) is 3.58. The lowest BCUT2D eigenvalue weighted by Gasteiger charge is -2.22. The van der Waals surface area contributed by atoms with Gasteiger partial charge in [0.25, 0.3) is 0 Å². The molecule has 1 aliphatic heterocycles. The van der Waals surface area contributed by atoms with Crippen LogP contribution in [-0.4, -0.2) is 13.0 Å². The summed E-state index contributed by atoms with van der Waals surface area (Å²) in [6, 6.07) is 6.83. The molecule has 0 fully saturated rings. The SMILES string of the molecule is CNC(CCC(C)C)c1ccc2c(c1)CCC(=O)N2. The molecule has 0 radical (unpaired) electrons. The molecule has 1 atom stereocenters. The average Bonchev–Trinajstić information content (AvgIpc) is 2.39. The molecular weight excluding hydrogens is 236 g/mol. The van der Waals surface area contributed by atoms with Crippen LogP contribution < -0.4 is 10.6 Å². The van der Waals surface area contributed by atoms with Crippen molar-refractivity contribution < 1.29 is 4.79 Å². The first-order valence-electron chi connectivity index (χ1n) is 7.20. The number of fused-ring (bicyclic) bond motifs is 1. The van der Waals surface area contributed by atoms with E-state index in [0.717, 1.165) is 24.4 Å². The molecule has 2 rings (SSSR count). The summed E-state index contributed by atoms with van der Waals surface area (Å²) in [5, 5.41) is 6.34. The molecule has 3 heteroatoms. The minimum absolute atomic E-state index is 0.130. The zero-order valence-corrected chi connectivity index (χ0v) is 12.1. The van der Waals surface area contributed by atoms with Crippen molar-refractivity contribution in [2.24, 2.45) is 5.92 Å². The highest BCUT2D eigenvalue weighted by atomic mass is 16.1. The van der Waals surface area contributed by atoms with E-state index in [9.17, 15) is 4.79 Å². The van der Waals surface area contributed by atoms with Gasteiger partial charge in [-0.25, -0.2) is 0 Å². The third-order valence-electron chi connectivity index (χ3n) is 3.81. The van der Waals surface area contributed by atoms with E-state index in [2.05, 4.69) is 36.6 Å². The molecule has 1 unspecified atom stereocenters. The third kappa shape index (κ3) is 3.57. The van der Waals surface area contributed by atoms with Crippen molar-refractivity contribution in [3.63, 3.8) is 0 Å². The molecule has 0 saturated carbocycles. The average molecular weight is 260 g/mol. The maximum absolute atomic E-state index is 11.4. The number of anilines is 1. The summed E-state index contributed by atoms with van der Waals surface area (Å²) < 4.78 is 0. The van der Waals surface area contributed by atoms with Crippen LogP contribution in [0.5, 0.6) is 0 Å². The highest BCUT2D eigenvalue weighted by Gasteiger charge is 2.17. The van der Waals surface area contributed by atoms with Crippen molar-refractivity contribution in [1.82, 2.24) is 5.32 Å². The Kier molecular flexibility index (Phi) is 4.59. The predicted molar refractivity (Wildman–Crippen MR) is 79.3 cm³/mol. The van der Waals surface area contributed by atoms with Crippen LogP contribution in [-0.2, 0) is 11.2 Å². The molecule has 2 N–H and O–H groups in total. The Balaban J connectivity index is 2.13. The van der Waals surface area contributed by atoms with Crippen LogP contribution >= 0.6 is 0 Å². The first-order chi connectivity index (χ1) is 9.10. The van der Waals surface area contributed by atoms with E-state index in [1.54, 1.807) is 0 Å². The Hall–Kier alpha value is -1.35. The van der Waals surface area contributed by atoms with E-state index in [1.165, 1.54) is 17.5 Å². The quantitative estimate of drug-likeness (QED) is 0.853. The maximum atomic E-state index is 11.4. The van der Waals surface area contributed by atoms with Crippen LogP contribution in [0.1, 0.15) is 50.3 Å². The smallest absolute Gasteiger partial charge is 0.224 e. The second-order valence-corrected chi connectivity index (χ2v) is 5.78. The molecule has 0 aromatic heterocycles. The Bertz CT molecular complexity index is 454. The Morgan fingerprint density at radius 2 is 2.05 bits per heavy atom. The van der Waals surface area contributed by atoms with Crippen LogP contribution in [0, 0.1) is 5.92 Å². The summed E-state index contributed by atoms with van der Waals surface area (Å²) in [7, 11) is 2.02. The second-order valence-electron chi connectivity index (χ2n) is 5.78. The van der Waals surface area contributed by atoms with E-state index >= 15 is 0 Å². The number of hydrogen-bond donors (Lipinski definition) is 2. The number of carbonyl (C=O) groups is 1. The second kappa shape index (κ2) is 6.20. The molecule has 1 amide bonds. The molecule has 19 heavy (non-hydrogen) atoms. The molecule has 1 heterocycles. The summed E-state index contributed by atoms with van der Waals surface area (Å²) in [5.74, 6) is 0.859. The van der Waals surface area contributed by atoms with Gasteiger partial charge in [0.05, 0.1) is 0 Å². The van der Waals surface area contributed by atoms with E-state index in [1.807, 2.05) is 13.1 Å². The number of carbonyl (C=O) groups excluding carboxylic acids is 1. The van der Waals surface area contributed by atoms with Gasteiger partial charge in [-0.05, 0) is 49.4 Å². The Morgan fingerprint density at radius 1 is 1.26 bits per heavy atom. The lowest BCUT2D eigenvalue weighted by molar-refractivity contribution is -0.116. The summed E-state index contributed by atoms with van der Waals surface area (Å²) in [4.78, 5) is 11.4. The molecule has 3 nitrogen and oxygen atoms in total. The van der Waals surface area contributed by atoms with Gasteiger partial charge in [-0.2, -0.15) is 0 Å². The van der Waals surface area contributed by atoms with Crippen molar-refractivity contribution in [2.75, 3.05) is 12.4 Å². The first kappa shape index (κ1) is 14.1. The van der Waals surface area contributed by atoms with Gasteiger partial charge in [-0.3, -0.25) is 4.79 Å². The summed E-state index contributed by atoms with van der Waals surface area (Å²) in [6.07, 6.45) is 3.83. The normalized spacial score (nSPS) is 16.1. The monoisotopic (exact) mass is 260 g/mol. The van der Waals surface area contributed by atoms with E-state index in [0.29, 0.717) is 12.5 Å². The van der Waals surface area contributed by atoms with Crippen molar-refractivity contribution in [3.8, 4) is 0 Å². The fourth-order valence-corrected chi connectivity index (χ4v) is 2.60. The molecule has 0 saturated heterocycles. The standard InChI is InChI=1S/C16H24N2O/c1-11(2)4-7-14(17-3)12-5-8-15-13(10-12)6-9-16(19)18-15/h5,8,10-11,14,17H,4,6-7,9H2,1-3H3,(H,18,19). The van der Waals surface area contributed by atoms with Gasteiger partial charge < -0.3 is 10.6 Å². The molecule has 104 valence electrons. The maximum Gasteiger partial charge on any atom is 0.224 e. The minimum atomic E-state index is 0.130. The van der Waals surface area contributed by atoms with Gasteiger partial charge in [0.1, 0.15) is 0 Å². The molecule has 1 aromatic rings. The zero-order chi connectivity index (χ0) is 13.8. The molecule has 0 aliphatic carbocycles. The topological polar surface area (TPSA) is 41.1 Å². The van der Waals surface area contributed by atoms with Crippen molar-refractivity contribution in [3.05, 3.63) is 29.3 Å². The van der Waals surface area contributed by atoms with Crippen LogP contribution in [0.25, 0.3) is 0 Å². The van der Waals surface area contributed by atoms with Crippen LogP contribution in [0.3, 0.4) is 0 Å². The fraction of sp³-hybridized carbons (Fsp3) is 0.562. The number of nitrogens with one attached hydrogen (secondary N) is 2. The fourth-order valence-electron chi connectivity index (χ4n) is 2.60. The Morgan fingerprint density at radius 3 is 2.74 bits per heavy atom. The number of amides is 1. The zero-order valence-electron chi connectivity index (χ0n) is 12.1. The summed E-state index contributed by atoms with van der Waals surface area (Å²) >= 11 is 0. The molecule has 0 bridgehead atoms. The minimum Gasteiger partial charge on any atom is -0.326 e. The van der Waals surface area contributed by atoms with Gasteiger partial charge in [0.2, 0.25) is 5.91 Å². The third-order valence-corrected chi connectivity index (χ3v) is 3.81. The number of benzene rings is 1. The highest BCUT2D eigenvalue weighted by Crippen LogP contribution is 2.28. The molecule has 1 aliphatic rings. The van der Waals surface area contributed by atoms with Gasteiger partial charge in [0, 0.05) is 18.2 Å². The van der Waals surface area contributed by atoms with Gasteiger partial charge in [-0.15, -0.1) is 0 Å². The predicted octanol–water partition coefficient (Wildman–Crippen LogP) is 3.27. The molecule has 1 aromatic carbocycles. The first-order valence-corrected chi connectivity index (χ1v) is 7.20. The Labute approximate surface area is 115 Å². The van der Waals surface area contributed by atoms with E-state index < -0.39 is 0 Å². The summed E-state index contributed by atoms with van der Waals surface area (Å²) in [6.45, 7) is 4.52. The van der Waals surface area contributed by atoms with Crippen molar-refractivity contribution in [1.29, 1.82) is 0 Å². The van der Waals surface area contributed by atoms with Crippen LogP contribution in [0.2, 0.25) is 0 Å².